The van der Waals surface area contributed by atoms with Gasteiger partial charge in [-0.1, -0.05) is 59.8 Å². The molecule has 13 heavy (non-hydrogen) atoms. The monoisotopic (exact) mass is 182 g/mol. The van der Waals surface area contributed by atoms with Gasteiger partial charge in [-0.05, 0) is 23.7 Å². The van der Waals surface area contributed by atoms with Crippen molar-refractivity contribution in [2.75, 3.05) is 0 Å². The molecule has 0 saturated heterocycles. The van der Waals surface area contributed by atoms with Crippen molar-refractivity contribution >= 4 is 0 Å². The Labute approximate surface area is 84.1 Å². The summed E-state index contributed by atoms with van der Waals surface area (Å²) in [5, 5.41) is 0. The summed E-state index contributed by atoms with van der Waals surface area (Å²) in [6.07, 6.45) is 7.28. The lowest BCUT2D eigenvalue weighted by Crippen LogP contribution is -2.31. The predicted octanol–water partition coefficient (Wildman–Crippen LogP) is 4.49. The van der Waals surface area contributed by atoms with Crippen LogP contribution in [0, 0.1) is 23.7 Å². The van der Waals surface area contributed by atoms with Gasteiger partial charge in [-0.25, -0.2) is 0 Å². The van der Waals surface area contributed by atoms with E-state index in [4.69, 9.17) is 0 Å². The summed E-state index contributed by atoms with van der Waals surface area (Å²) in [7, 11) is 0. The van der Waals surface area contributed by atoms with Gasteiger partial charge in [0.2, 0.25) is 0 Å². The molecule has 0 radical (unpaired) electrons. The molecule has 0 nitrogen and oxygen atoms in total. The summed E-state index contributed by atoms with van der Waals surface area (Å²) < 4.78 is 0. The smallest absolute Gasteiger partial charge is 0.0334 e. The highest BCUT2D eigenvalue weighted by Gasteiger charge is 2.32. The lowest BCUT2D eigenvalue weighted by atomic mass is 9.65. The van der Waals surface area contributed by atoms with E-state index < -0.39 is 0 Å². The van der Waals surface area contributed by atoms with E-state index in [2.05, 4.69) is 27.7 Å². The van der Waals surface area contributed by atoms with E-state index in [1.165, 1.54) is 32.1 Å². The maximum Gasteiger partial charge on any atom is -0.0334 e. The van der Waals surface area contributed by atoms with Crippen LogP contribution in [-0.2, 0) is 0 Å². The summed E-state index contributed by atoms with van der Waals surface area (Å²) >= 11 is 0. The quantitative estimate of drug-likeness (QED) is 0.603. The molecule has 0 aromatic rings. The maximum absolute atomic E-state index is 2.42. The fourth-order valence-electron chi connectivity index (χ4n) is 3.45. The Kier molecular flexibility index (Phi) is 4.28. The highest BCUT2D eigenvalue weighted by Crippen LogP contribution is 2.42. The molecule has 0 amide bonds. The third-order valence-corrected chi connectivity index (χ3v) is 4.06. The number of rotatable bonds is 3. The summed E-state index contributed by atoms with van der Waals surface area (Å²) in [6, 6.07) is 0. The SMILES string of the molecule is CCC1CCCC(CC)C1C(C)C. The molecule has 0 spiro atoms. The minimum Gasteiger partial charge on any atom is -0.0651 e. The predicted molar refractivity (Wildman–Crippen MR) is 59.7 cm³/mol. The van der Waals surface area contributed by atoms with Gasteiger partial charge in [0.05, 0.1) is 0 Å². The van der Waals surface area contributed by atoms with Crippen molar-refractivity contribution in [2.24, 2.45) is 23.7 Å². The second-order valence-corrected chi connectivity index (χ2v) is 5.09. The summed E-state index contributed by atoms with van der Waals surface area (Å²) in [4.78, 5) is 0. The van der Waals surface area contributed by atoms with E-state index in [9.17, 15) is 0 Å². The van der Waals surface area contributed by atoms with E-state index >= 15 is 0 Å². The molecule has 0 N–H and O–H groups in total. The second-order valence-electron chi connectivity index (χ2n) is 5.09. The van der Waals surface area contributed by atoms with Crippen molar-refractivity contribution < 1.29 is 0 Å². The molecule has 1 aliphatic rings. The van der Waals surface area contributed by atoms with E-state index in [1.807, 2.05) is 0 Å². The molecule has 0 aromatic heterocycles. The molecule has 2 unspecified atom stereocenters. The Bertz CT molecular complexity index is 125. The fraction of sp³-hybridized carbons (Fsp3) is 1.00. The van der Waals surface area contributed by atoms with Gasteiger partial charge in [0, 0.05) is 0 Å². The van der Waals surface area contributed by atoms with Crippen LogP contribution in [0.2, 0.25) is 0 Å². The summed E-state index contributed by atoms with van der Waals surface area (Å²) in [6.45, 7) is 9.58. The normalized spacial score (nSPS) is 35.3. The average Bonchev–Trinajstić information content (AvgIpc) is 2.16. The largest absolute Gasteiger partial charge is 0.0651 e. The Balaban J connectivity index is 2.64. The van der Waals surface area contributed by atoms with Gasteiger partial charge in [0.15, 0.2) is 0 Å². The molecular formula is C13H26. The van der Waals surface area contributed by atoms with Gasteiger partial charge < -0.3 is 0 Å². The minimum atomic E-state index is 0.898. The third-order valence-electron chi connectivity index (χ3n) is 4.06. The van der Waals surface area contributed by atoms with Gasteiger partial charge in [0.1, 0.15) is 0 Å². The van der Waals surface area contributed by atoms with Crippen LogP contribution in [0.25, 0.3) is 0 Å². The molecule has 0 bridgehead atoms. The molecule has 1 aliphatic carbocycles. The van der Waals surface area contributed by atoms with Crippen LogP contribution in [-0.4, -0.2) is 0 Å². The van der Waals surface area contributed by atoms with Crippen LogP contribution in [0.15, 0.2) is 0 Å². The van der Waals surface area contributed by atoms with E-state index in [-0.39, 0.29) is 0 Å². The molecule has 2 atom stereocenters. The molecule has 78 valence electrons. The first-order valence-corrected chi connectivity index (χ1v) is 6.20. The fourth-order valence-corrected chi connectivity index (χ4v) is 3.45. The molecule has 1 rings (SSSR count). The van der Waals surface area contributed by atoms with Crippen molar-refractivity contribution in [1.82, 2.24) is 0 Å². The van der Waals surface area contributed by atoms with Crippen molar-refractivity contribution in [3.8, 4) is 0 Å². The van der Waals surface area contributed by atoms with Crippen molar-refractivity contribution in [1.29, 1.82) is 0 Å². The topological polar surface area (TPSA) is 0 Å². The van der Waals surface area contributed by atoms with Crippen LogP contribution in [0.5, 0.6) is 0 Å². The minimum absolute atomic E-state index is 0.898. The molecule has 0 heteroatoms. The van der Waals surface area contributed by atoms with Gasteiger partial charge in [-0.3, -0.25) is 0 Å². The van der Waals surface area contributed by atoms with Crippen LogP contribution < -0.4 is 0 Å². The average molecular weight is 182 g/mol. The molecule has 1 saturated carbocycles. The van der Waals surface area contributed by atoms with Gasteiger partial charge in [-0.15, -0.1) is 0 Å². The van der Waals surface area contributed by atoms with E-state index in [1.54, 1.807) is 0 Å². The maximum atomic E-state index is 2.42. The standard InChI is InChI=1S/C13H26/c1-5-11-8-7-9-12(6-2)13(11)10(3)4/h10-13H,5-9H2,1-4H3. The third kappa shape index (κ3) is 2.48. The first-order chi connectivity index (χ1) is 6.20. The van der Waals surface area contributed by atoms with Gasteiger partial charge in [-0.2, -0.15) is 0 Å². The van der Waals surface area contributed by atoms with Crippen molar-refractivity contribution in [3.05, 3.63) is 0 Å². The Morgan fingerprint density at radius 3 is 1.77 bits per heavy atom. The zero-order valence-corrected chi connectivity index (χ0v) is 9.84. The molecule has 1 fully saturated rings. The Hall–Kier alpha value is 0. The van der Waals surface area contributed by atoms with Crippen molar-refractivity contribution in [2.45, 2.75) is 59.8 Å². The molecule has 0 aromatic carbocycles. The second kappa shape index (κ2) is 5.02. The molecular weight excluding hydrogens is 156 g/mol. The Morgan fingerprint density at radius 1 is 1.00 bits per heavy atom. The van der Waals surface area contributed by atoms with E-state index in [0.29, 0.717) is 0 Å². The zero-order chi connectivity index (χ0) is 9.84. The highest BCUT2D eigenvalue weighted by atomic mass is 14.4. The molecule has 0 heterocycles. The number of hydrogen-bond donors (Lipinski definition) is 0. The number of hydrogen-bond acceptors (Lipinski definition) is 0. The molecule has 0 aliphatic heterocycles. The van der Waals surface area contributed by atoms with Crippen molar-refractivity contribution in [3.63, 3.8) is 0 Å². The first-order valence-electron chi connectivity index (χ1n) is 6.20. The highest BCUT2D eigenvalue weighted by molar-refractivity contribution is 4.82. The van der Waals surface area contributed by atoms with E-state index in [0.717, 1.165) is 23.7 Å². The summed E-state index contributed by atoms with van der Waals surface area (Å²) in [5.74, 6) is 3.97. The lowest BCUT2D eigenvalue weighted by molar-refractivity contribution is 0.0990. The first kappa shape index (κ1) is 11.1. The lowest BCUT2D eigenvalue weighted by Gasteiger charge is -2.40. The van der Waals surface area contributed by atoms with Crippen LogP contribution in [0.3, 0.4) is 0 Å². The van der Waals surface area contributed by atoms with Gasteiger partial charge in [0.25, 0.3) is 0 Å². The summed E-state index contributed by atoms with van der Waals surface area (Å²) in [5.41, 5.74) is 0. The van der Waals surface area contributed by atoms with Crippen LogP contribution >= 0.6 is 0 Å². The zero-order valence-electron chi connectivity index (χ0n) is 9.84. The van der Waals surface area contributed by atoms with Gasteiger partial charge >= 0.3 is 0 Å². The van der Waals surface area contributed by atoms with Crippen LogP contribution in [0.4, 0.5) is 0 Å². The van der Waals surface area contributed by atoms with Crippen LogP contribution in [0.1, 0.15) is 59.8 Å². The Morgan fingerprint density at radius 2 is 1.46 bits per heavy atom.